The third-order valence-electron chi connectivity index (χ3n) is 2.57. The van der Waals surface area contributed by atoms with Gasteiger partial charge in [-0.3, -0.25) is 10.2 Å². The van der Waals surface area contributed by atoms with E-state index >= 15 is 0 Å². The van der Waals surface area contributed by atoms with Crippen LogP contribution in [0.15, 0.2) is 54.6 Å². The van der Waals surface area contributed by atoms with Gasteiger partial charge in [0.15, 0.2) is 6.61 Å². The van der Waals surface area contributed by atoms with Crippen LogP contribution in [0.3, 0.4) is 0 Å². The van der Waals surface area contributed by atoms with Crippen LogP contribution in [-0.2, 0) is 4.79 Å². The van der Waals surface area contributed by atoms with Crippen molar-refractivity contribution >= 4 is 17.4 Å². The number of para-hydroxylation sites is 1. The summed E-state index contributed by atoms with van der Waals surface area (Å²) in [6.45, 7) is -0.101. The molecule has 0 atom stereocenters. The van der Waals surface area contributed by atoms with Crippen LogP contribution in [0.5, 0.6) is 5.75 Å². The van der Waals surface area contributed by atoms with Gasteiger partial charge < -0.3 is 15.8 Å². The van der Waals surface area contributed by atoms with Gasteiger partial charge in [-0.2, -0.15) is 0 Å². The van der Waals surface area contributed by atoms with E-state index in [4.69, 9.17) is 15.9 Å². The summed E-state index contributed by atoms with van der Waals surface area (Å²) in [7, 11) is 0. The maximum Gasteiger partial charge on any atom is 0.262 e. The third-order valence-corrected chi connectivity index (χ3v) is 2.57. The number of nitrogens with two attached hydrogens (primary N) is 1. The number of nitrogen functional groups attached to an aromatic ring is 1. The Morgan fingerprint density at radius 1 is 1.15 bits per heavy atom. The Kier molecular flexibility index (Phi) is 4.34. The van der Waals surface area contributed by atoms with Crippen molar-refractivity contribution in [3.63, 3.8) is 0 Å². The van der Waals surface area contributed by atoms with Gasteiger partial charge in [0.05, 0.1) is 0 Å². The molecule has 0 aliphatic heterocycles. The number of amides is 1. The lowest BCUT2D eigenvalue weighted by Gasteiger charge is -2.08. The maximum absolute atomic E-state index is 11.7. The zero-order chi connectivity index (χ0) is 14.4. The predicted molar refractivity (Wildman–Crippen MR) is 78.0 cm³/mol. The molecule has 0 bridgehead atoms. The number of hydrogen-bond acceptors (Lipinski definition) is 3. The molecule has 0 unspecified atom stereocenters. The summed E-state index contributed by atoms with van der Waals surface area (Å²) in [5, 5.41) is 10.1. The molecule has 2 aromatic rings. The Bertz CT molecular complexity index is 612. The first kappa shape index (κ1) is 13.6. The summed E-state index contributed by atoms with van der Waals surface area (Å²) in [6.07, 6.45) is 0. The van der Waals surface area contributed by atoms with E-state index in [-0.39, 0.29) is 18.3 Å². The van der Waals surface area contributed by atoms with E-state index in [1.807, 2.05) is 18.2 Å². The molecular formula is C15H15N3O2. The molecule has 2 rings (SSSR count). The quantitative estimate of drug-likeness (QED) is 0.573. The highest BCUT2D eigenvalue weighted by Gasteiger charge is 2.04. The van der Waals surface area contributed by atoms with Gasteiger partial charge in [0.25, 0.3) is 5.91 Å². The molecule has 102 valence electrons. The second-order valence-electron chi connectivity index (χ2n) is 4.14. The van der Waals surface area contributed by atoms with Gasteiger partial charge in [-0.05, 0) is 24.3 Å². The normalized spacial score (nSPS) is 9.80. The number of nitrogens with one attached hydrogen (secondary N) is 2. The lowest BCUT2D eigenvalue weighted by molar-refractivity contribution is -0.118. The summed E-state index contributed by atoms with van der Waals surface area (Å²) in [5.74, 6) is 0.217. The van der Waals surface area contributed by atoms with Crippen molar-refractivity contribution in [2.24, 2.45) is 5.73 Å². The first-order valence-electron chi connectivity index (χ1n) is 6.07. The fourth-order valence-corrected chi connectivity index (χ4v) is 1.62. The number of anilines is 1. The monoisotopic (exact) mass is 269 g/mol. The molecule has 4 N–H and O–H groups in total. The highest BCUT2D eigenvalue weighted by molar-refractivity contribution is 5.95. The van der Waals surface area contributed by atoms with Crippen LogP contribution in [0, 0.1) is 5.41 Å². The minimum atomic E-state index is -0.246. The fourth-order valence-electron chi connectivity index (χ4n) is 1.62. The van der Waals surface area contributed by atoms with Gasteiger partial charge in [-0.1, -0.05) is 30.3 Å². The van der Waals surface area contributed by atoms with Crippen molar-refractivity contribution in [3.05, 3.63) is 60.2 Å². The zero-order valence-corrected chi connectivity index (χ0v) is 10.8. The summed E-state index contributed by atoms with van der Waals surface area (Å²) < 4.78 is 5.37. The first-order valence-corrected chi connectivity index (χ1v) is 6.07. The summed E-state index contributed by atoms with van der Waals surface area (Å²) in [5.41, 5.74) is 6.67. The van der Waals surface area contributed by atoms with E-state index in [1.165, 1.54) is 0 Å². The molecule has 0 aliphatic rings. The lowest BCUT2D eigenvalue weighted by Crippen LogP contribution is -2.20. The van der Waals surface area contributed by atoms with Gasteiger partial charge in [0.2, 0.25) is 0 Å². The van der Waals surface area contributed by atoms with Crippen molar-refractivity contribution in [2.45, 2.75) is 0 Å². The van der Waals surface area contributed by atoms with Gasteiger partial charge in [0, 0.05) is 11.3 Å². The lowest BCUT2D eigenvalue weighted by atomic mass is 10.2. The molecular weight excluding hydrogens is 254 g/mol. The highest BCUT2D eigenvalue weighted by atomic mass is 16.5. The van der Waals surface area contributed by atoms with Crippen LogP contribution in [0.2, 0.25) is 0 Å². The maximum atomic E-state index is 11.7. The van der Waals surface area contributed by atoms with E-state index in [9.17, 15) is 4.79 Å². The third kappa shape index (κ3) is 3.84. The number of amidine groups is 1. The molecule has 0 radical (unpaired) electrons. The largest absolute Gasteiger partial charge is 0.484 e. The molecule has 0 saturated heterocycles. The van der Waals surface area contributed by atoms with Gasteiger partial charge in [0.1, 0.15) is 11.6 Å². The van der Waals surface area contributed by atoms with Crippen molar-refractivity contribution < 1.29 is 9.53 Å². The Morgan fingerprint density at radius 3 is 2.60 bits per heavy atom. The SMILES string of the molecule is N=C(N)c1cccc(OCC(=O)Nc2ccccc2)c1. The Balaban J connectivity index is 1.90. The fraction of sp³-hybridized carbons (Fsp3) is 0.0667. The minimum Gasteiger partial charge on any atom is -0.484 e. The van der Waals surface area contributed by atoms with Crippen LogP contribution in [-0.4, -0.2) is 18.3 Å². The van der Waals surface area contributed by atoms with Crippen LogP contribution in [0.4, 0.5) is 5.69 Å². The average molecular weight is 269 g/mol. The molecule has 0 aromatic heterocycles. The second kappa shape index (κ2) is 6.38. The van der Waals surface area contributed by atoms with E-state index in [2.05, 4.69) is 5.32 Å². The van der Waals surface area contributed by atoms with E-state index in [1.54, 1.807) is 36.4 Å². The molecule has 2 aromatic carbocycles. The van der Waals surface area contributed by atoms with Crippen LogP contribution in [0.1, 0.15) is 5.56 Å². The minimum absolute atomic E-state index is 0.0378. The Labute approximate surface area is 116 Å². The van der Waals surface area contributed by atoms with Crippen molar-refractivity contribution in [3.8, 4) is 5.75 Å². The van der Waals surface area contributed by atoms with Gasteiger partial charge in [-0.25, -0.2) is 0 Å². The molecule has 0 fully saturated rings. The molecule has 0 heterocycles. The van der Waals surface area contributed by atoms with Crippen LogP contribution >= 0.6 is 0 Å². The topological polar surface area (TPSA) is 88.2 Å². The molecule has 5 nitrogen and oxygen atoms in total. The molecule has 1 amide bonds. The van der Waals surface area contributed by atoms with E-state index in [0.29, 0.717) is 11.3 Å². The number of benzene rings is 2. The van der Waals surface area contributed by atoms with Gasteiger partial charge >= 0.3 is 0 Å². The van der Waals surface area contributed by atoms with E-state index in [0.717, 1.165) is 5.69 Å². The number of carbonyl (C=O) groups excluding carboxylic acids is 1. The number of hydrogen-bond donors (Lipinski definition) is 3. The highest BCUT2D eigenvalue weighted by Crippen LogP contribution is 2.13. The molecule has 5 heteroatoms. The van der Waals surface area contributed by atoms with E-state index < -0.39 is 0 Å². The first-order chi connectivity index (χ1) is 9.65. The molecule has 0 saturated carbocycles. The van der Waals surface area contributed by atoms with Crippen molar-refractivity contribution in [2.75, 3.05) is 11.9 Å². The number of ether oxygens (including phenoxy) is 1. The van der Waals surface area contributed by atoms with Crippen molar-refractivity contribution in [1.29, 1.82) is 5.41 Å². The zero-order valence-electron chi connectivity index (χ0n) is 10.8. The van der Waals surface area contributed by atoms with Crippen molar-refractivity contribution in [1.82, 2.24) is 0 Å². The number of rotatable bonds is 5. The molecule has 0 spiro atoms. The van der Waals surface area contributed by atoms with Crippen LogP contribution in [0.25, 0.3) is 0 Å². The molecule has 0 aliphatic carbocycles. The Morgan fingerprint density at radius 2 is 1.90 bits per heavy atom. The standard InChI is InChI=1S/C15H15N3O2/c16-15(17)11-5-4-8-13(9-11)20-10-14(19)18-12-6-2-1-3-7-12/h1-9H,10H2,(H3,16,17)(H,18,19). The van der Waals surface area contributed by atoms with Crippen LogP contribution < -0.4 is 15.8 Å². The average Bonchev–Trinajstić information content (AvgIpc) is 2.46. The predicted octanol–water partition coefficient (Wildman–Crippen LogP) is 1.99. The summed E-state index contributed by atoms with van der Waals surface area (Å²) in [6, 6.07) is 15.9. The second-order valence-corrected chi connectivity index (χ2v) is 4.14. The number of carbonyl (C=O) groups is 1. The molecule has 20 heavy (non-hydrogen) atoms. The smallest absolute Gasteiger partial charge is 0.262 e. The van der Waals surface area contributed by atoms with Gasteiger partial charge in [-0.15, -0.1) is 0 Å². The summed E-state index contributed by atoms with van der Waals surface area (Å²) in [4.78, 5) is 11.7. The summed E-state index contributed by atoms with van der Waals surface area (Å²) >= 11 is 0. The Hall–Kier alpha value is -2.82.